The predicted molar refractivity (Wildman–Crippen MR) is 83.1 cm³/mol. The summed E-state index contributed by atoms with van der Waals surface area (Å²) in [5.41, 5.74) is 0. The fourth-order valence-corrected chi connectivity index (χ4v) is 3.79. The number of carbonyl (C=O) groups is 2. The SMILES string of the molecule is CC(C)OC(=O)C(C)CNC(=O)C1(S(C)(=O)=O)CCNCC1. The minimum atomic E-state index is -3.54. The molecule has 1 unspecified atom stereocenters. The van der Waals surface area contributed by atoms with Crippen LogP contribution in [-0.4, -0.2) is 57.0 Å². The highest BCUT2D eigenvalue weighted by Gasteiger charge is 2.48. The molecule has 1 amide bonds. The fraction of sp³-hybridized carbons (Fsp3) is 0.857. The Kier molecular flexibility index (Phi) is 6.37. The van der Waals surface area contributed by atoms with Gasteiger partial charge in [0.1, 0.15) is 0 Å². The Labute approximate surface area is 132 Å². The number of sulfone groups is 1. The summed E-state index contributed by atoms with van der Waals surface area (Å²) in [6.07, 6.45) is 1.34. The quantitative estimate of drug-likeness (QED) is 0.656. The molecule has 1 fully saturated rings. The molecule has 22 heavy (non-hydrogen) atoms. The van der Waals surface area contributed by atoms with Gasteiger partial charge in [-0.25, -0.2) is 8.42 Å². The van der Waals surface area contributed by atoms with E-state index in [-0.39, 0.29) is 25.5 Å². The molecule has 0 aromatic rings. The fourth-order valence-electron chi connectivity index (χ4n) is 2.44. The van der Waals surface area contributed by atoms with Crippen molar-refractivity contribution >= 4 is 21.7 Å². The summed E-state index contributed by atoms with van der Waals surface area (Å²) in [5.74, 6) is -1.46. The third-order valence-electron chi connectivity index (χ3n) is 3.86. The molecule has 1 saturated heterocycles. The molecule has 2 N–H and O–H groups in total. The van der Waals surface area contributed by atoms with Gasteiger partial charge in [0.15, 0.2) is 14.6 Å². The summed E-state index contributed by atoms with van der Waals surface area (Å²) in [4.78, 5) is 24.2. The van der Waals surface area contributed by atoms with Crippen LogP contribution in [0.3, 0.4) is 0 Å². The van der Waals surface area contributed by atoms with Crippen molar-refractivity contribution in [1.82, 2.24) is 10.6 Å². The largest absolute Gasteiger partial charge is 0.463 e. The summed E-state index contributed by atoms with van der Waals surface area (Å²) in [6.45, 7) is 6.15. The zero-order valence-electron chi connectivity index (χ0n) is 13.6. The number of ether oxygens (including phenoxy) is 1. The molecule has 1 rings (SSSR count). The molecule has 1 heterocycles. The lowest BCUT2D eigenvalue weighted by Crippen LogP contribution is -2.57. The van der Waals surface area contributed by atoms with Crippen LogP contribution < -0.4 is 10.6 Å². The Bertz CT molecular complexity index is 509. The van der Waals surface area contributed by atoms with Crippen molar-refractivity contribution in [3.05, 3.63) is 0 Å². The van der Waals surface area contributed by atoms with Crippen LogP contribution in [0.4, 0.5) is 0 Å². The second-order valence-electron chi connectivity index (χ2n) is 6.11. The highest BCUT2D eigenvalue weighted by atomic mass is 32.2. The van der Waals surface area contributed by atoms with E-state index in [9.17, 15) is 18.0 Å². The van der Waals surface area contributed by atoms with Gasteiger partial charge in [-0.1, -0.05) is 6.92 Å². The van der Waals surface area contributed by atoms with Gasteiger partial charge in [-0.05, 0) is 39.8 Å². The van der Waals surface area contributed by atoms with Crippen LogP contribution in [-0.2, 0) is 24.2 Å². The van der Waals surface area contributed by atoms with Gasteiger partial charge in [-0.3, -0.25) is 9.59 Å². The van der Waals surface area contributed by atoms with Crippen molar-refractivity contribution in [1.29, 1.82) is 0 Å². The molecular formula is C14H26N2O5S. The first-order valence-corrected chi connectivity index (χ1v) is 9.38. The summed E-state index contributed by atoms with van der Waals surface area (Å²) >= 11 is 0. The minimum absolute atomic E-state index is 0.0646. The number of nitrogens with one attached hydrogen (secondary N) is 2. The van der Waals surface area contributed by atoms with Crippen LogP contribution in [0.25, 0.3) is 0 Å². The smallest absolute Gasteiger partial charge is 0.310 e. The lowest BCUT2D eigenvalue weighted by Gasteiger charge is -2.34. The first kappa shape index (κ1) is 18.9. The molecule has 0 aromatic heterocycles. The molecular weight excluding hydrogens is 308 g/mol. The minimum Gasteiger partial charge on any atom is -0.463 e. The molecule has 0 spiro atoms. The van der Waals surface area contributed by atoms with Crippen LogP contribution in [0.5, 0.6) is 0 Å². The Morgan fingerprint density at radius 3 is 2.23 bits per heavy atom. The van der Waals surface area contributed by atoms with Crippen LogP contribution in [0.1, 0.15) is 33.6 Å². The topological polar surface area (TPSA) is 102 Å². The molecule has 0 aromatic carbocycles. The molecule has 0 aliphatic carbocycles. The maximum Gasteiger partial charge on any atom is 0.310 e. The van der Waals surface area contributed by atoms with Crippen molar-refractivity contribution < 1.29 is 22.7 Å². The number of rotatable bonds is 6. The molecule has 8 heteroatoms. The number of esters is 1. The van der Waals surface area contributed by atoms with Crippen LogP contribution in [0.2, 0.25) is 0 Å². The lowest BCUT2D eigenvalue weighted by molar-refractivity contribution is -0.151. The molecule has 0 radical (unpaired) electrons. The summed E-state index contributed by atoms with van der Waals surface area (Å²) in [7, 11) is -3.54. The van der Waals surface area contributed by atoms with Crippen molar-refractivity contribution in [2.24, 2.45) is 5.92 Å². The van der Waals surface area contributed by atoms with Crippen LogP contribution in [0.15, 0.2) is 0 Å². The van der Waals surface area contributed by atoms with E-state index in [1.165, 1.54) is 0 Å². The number of hydrogen-bond acceptors (Lipinski definition) is 6. The van der Waals surface area contributed by atoms with Crippen molar-refractivity contribution in [3.8, 4) is 0 Å². The highest BCUT2D eigenvalue weighted by Crippen LogP contribution is 2.28. The molecule has 1 aliphatic heterocycles. The summed E-state index contributed by atoms with van der Waals surface area (Å²) in [5, 5.41) is 5.66. The Hall–Kier alpha value is -1.15. The molecule has 0 saturated carbocycles. The molecule has 1 atom stereocenters. The summed E-state index contributed by atoms with van der Waals surface area (Å²) in [6, 6.07) is 0. The van der Waals surface area contributed by atoms with Gasteiger partial charge in [0.05, 0.1) is 12.0 Å². The number of piperidine rings is 1. The third kappa shape index (κ3) is 4.42. The number of hydrogen-bond donors (Lipinski definition) is 2. The van der Waals surface area contributed by atoms with Gasteiger partial charge in [0, 0.05) is 12.8 Å². The normalized spacial score (nSPS) is 19.5. The molecule has 128 valence electrons. The number of carbonyl (C=O) groups excluding carboxylic acids is 2. The average molecular weight is 334 g/mol. The van der Waals surface area contributed by atoms with Crippen molar-refractivity contribution in [3.63, 3.8) is 0 Å². The monoisotopic (exact) mass is 334 g/mol. The Morgan fingerprint density at radius 1 is 1.23 bits per heavy atom. The van der Waals surface area contributed by atoms with Crippen LogP contribution >= 0.6 is 0 Å². The Morgan fingerprint density at radius 2 is 1.77 bits per heavy atom. The van der Waals surface area contributed by atoms with E-state index in [0.29, 0.717) is 13.1 Å². The van der Waals surface area contributed by atoms with E-state index in [4.69, 9.17) is 4.74 Å². The van der Waals surface area contributed by atoms with Gasteiger partial charge in [-0.15, -0.1) is 0 Å². The molecule has 1 aliphatic rings. The lowest BCUT2D eigenvalue weighted by atomic mass is 9.95. The summed E-state index contributed by atoms with van der Waals surface area (Å²) < 4.78 is 27.8. The average Bonchev–Trinajstić information content (AvgIpc) is 2.43. The third-order valence-corrected chi connectivity index (χ3v) is 5.87. The van der Waals surface area contributed by atoms with Crippen molar-refractivity contribution in [2.75, 3.05) is 25.9 Å². The zero-order valence-corrected chi connectivity index (χ0v) is 14.5. The predicted octanol–water partition coefficient (Wildman–Crippen LogP) is -0.143. The van der Waals surface area contributed by atoms with E-state index < -0.39 is 32.4 Å². The first-order valence-electron chi connectivity index (χ1n) is 7.49. The van der Waals surface area contributed by atoms with E-state index in [1.807, 2.05) is 0 Å². The molecule has 7 nitrogen and oxygen atoms in total. The van der Waals surface area contributed by atoms with E-state index in [0.717, 1.165) is 6.26 Å². The Balaban J connectivity index is 2.71. The van der Waals surface area contributed by atoms with Gasteiger partial charge >= 0.3 is 5.97 Å². The number of amides is 1. The van der Waals surface area contributed by atoms with E-state index in [1.54, 1.807) is 20.8 Å². The zero-order chi connectivity index (χ0) is 17.0. The highest BCUT2D eigenvalue weighted by molar-refractivity contribution is 7.92. The molecule has 0 bridgehead atoms. The van der Waals surface area contributed by atoms with Crippen LogP contribution in [0, 0.1) is 5.92 Å². The van der Waals surface area contributed by atoms with Gasteiger partial charge in [0.2, 0.25) is 5.91 Å². The standard InChI is InChI=1S/C14H26N2O5S/c1-10(2)21-12(17)11(3)9-16-13(18)14(22(4,19)20)5-7-15-8-6-14/h10-11,15H,5-9H2,1-4H3,(H,16,18). The van der Waals surface area contributed by atoms with Gasteiger partial charge < -0.3 is 15.4 Å². The van der Waals surface area contributed by atoms with Gasteiger partial charge in [-0.2, -0.15) is 0 Å². The second-order valence-corrected chi connectivity index (χ2v) is 8.44. The first-order chi connectivity index (χ1) is 10.1. The second kappa shape index (κ2) is 7.41. The maximum atomic E-state index is 12.4. The maximum absolute atomic E-state index is 12.4. The van der Waals surface area contributed by atoms with Crippen molar-refractivity contribution in [2.45, 2.75) is 44.5 Å². The van der Waals surface area contributed by atoms with Gasteiger partial charge in [0.25, 0.3) is 0 Å². The van der Waals surface area contributed by atoms with E-state index in [2.05, 4.69) is 10.6 Å². The van der Waals surface area contributed by atoms with E-state index >= 15 is 0 Å².